The van der Waals surface area contributed by atoms with Gasteiger partial charge in [0.1, 0.15) is 0 Å². The monoisotopic (exact) mass is 288 g/mol. The van der Waals surface area contributed by atoms with Crippen molar-refractivity contribution in [3.05, 3.63) is 33.8 Å². The van der Waals surface area contributed by atoms with Gasteiger partial charge in [-0.05, 0) is 31.0 Å². The van der Waals surface area contributed by atoms with Crippen LogP contribution in [0.3, 0.4) is 0 Å². The van der Waals surface area contributed by atoms with Gasteiger partial charge in [-0.1, -0.05) is 0 Å². The van der Waals surface area contributed by atoms with Gasteiger partial charge in [0.15, 0.2) is 0 Å². The van der Waals surface area contributed by atoms with Crippen molar-refractivity contribution < 1.29 is 4.79 Å². The summed E-state index contributed by atoms with van der Waals surface area (Å²) in [5, 5.41) is 6.20. The number of hydrogen-bond acceptors (Lipinski definition) is 5. The van der Waals surface area contributed by atoms with E-state index < -0.39 is 0 Å². The maximum absolute atomic E-state index is 11.4. The number of carbonyl (C=O) groups is 1. The standard InChI is InChI=1S/C14H16N4OS/c1-8-13(20-7-17-8)6-16-12-4-9-2-3-14(19)18-11(9)5-10(12)15/h4-5,7,16H,2-3,6,15H2,1H3,(H,18,19). The molecule has 2 heterocycles. The lowest BCUT2D eigenvalue weighted by Crippen LogP contribution is -2.19. The molecule has 0 fully saturated rings. The molecule has 0 saturated carbocycles. The highest BCUT2D eigenvalue weighted by atomic mass is 32.1. The number of anilines is 3. The third-order valence-electron chi connectivity index (χ3n) is 3.46. The van der Waals surface area contributed by atoms with E-state index >= 15 is 0 Å². The molecule has 0 unspecified atom stereocenters. The second-order valence-corrected chi connectivity index (χ2v) is 5.80. The van der Waals surface area contributed by atoms with E-state index in [2.05, 4.69) is 15.6 Å². The number of aromatic nitrogens is 1. The number of nitrogens with zero attached hydrogens (tertiary/aromatic N) is 1. The molecule has 6 heteroatoms. The number of hydrogen-bond donors (Lipinski definition) is 3. The van der Waals surface area contributed by atoms with Gasteiger partial charge in [0.25, 0.3) is 0 Å². The molecule has 5 nitrogen and oxygen atoms in total. The Labute approximate surface area is 121 Å². The van der Waals surface area contributed by atoms with Crippen LogP contribution in [-0.4, -0.2) is 10.9 Å². The van der Waals surface area contributed by atoms with Crippen molar-refractivity contribution >= 4 is 34.3 Å². The SMILES string of the molecule is Cc1ncsc1CNc1cc2c(cc1N)NC(=O)CC2. The Balaban J connectivity index is 1.80. The summed E-state index contributed by atoms with van der Waals surface area (Å²) in [6.07, 6.45) is 1.29. The van der Waals surface area contributed by atoms with Crippen molar-refractivity contribution in [3.8, 4) is 0 Å². The third kappa shape index (κ3) is 2.46. The zero-order chi connectivity index (χ0) is 14.1. The second-order valence-electron chi connectivity index (χ2n) is 4.86. The average Bonchev–Trinajstić information content (AvgIpc) is 2.82. The van der Waals surface area contributed by atoms with Crippen LogP contribution in [0.4, 0.5) is 17.1 Å². The van der Waals surface area contributed by atoms with Gasteiger partial charge < -0.3 is 16.4 Å². The van der Waals surface area contributed by atoms with Crippen LogP contribution >= 0.6 is 11.3 Å². The Bertz CT molecular complexity index is 665. The van der Waals surface area contributed by atoms with E-state index in [4.69, 9.17) is 5.73 Å². The first-order valence-electron chi connectivity index (χ1n) is 6.48. The summed E-state index contributed by atoms with van der Waals surface area (Å²) in [7, 11) is 0. The van der Waals surface area contributed by atoms with Gasteiger partial charge >= 0.3 is 0 Å². The Morgan fingerprint density at radius 3 is 3.05 bits per heavy atom. The Morgan fingerprint density at radius 2 is 2.30 bits per heavy atom. The number of nitrogens with one attached hydrogen (secondary N) is 2. The van der Waals surface area contributed by atoms with Gasteiger partial charge in [0, 0.05) is 17.0 Å². The fourth-order valence-electron chi connectivity index (χ4n) is 2.27. The molecule has 1 aliphatic heterocycles. The van der Waals surface area contributed by atoms with Gasteiger partial charge in [-0.25, -0.2) is 4.98 Å². The normalized spacial score (nSPS) is 13.8. The van der Waals surface area contributed by atoms with Crippen LogP contribution in [0.25, 0.3) is 0 Å². The molecule has 1 amide bonds. The molecule has 20 heavy (non-hydrogen) atoms. The first kappa shape index (κ1) is 12.9. The molecule has 1 aromatic carbocycles. The van der Waals surface area contributed by atoms with Crippen molar-refractivity contribution in [1.82, 2.24) is 4.98 Å². The summed E-state index contributed by atoms with van der Waals surface area (Å²) in [5.41, 5.74) is 12.4. The lowest BCUT2D eigenvalue weighted by Gasteiger charge is -2.19. The van der Waals surface area contributed by atoms with Crippen LogP contribution in [0.2, 0.25) is 0 Å². The number of carbonyl (C=O) groups excluding carboxylic acids is 1. The van der Waals surface area contributed by atoms with E-state index in [1.807, 2.05) is 24.6 Å². The Kier molecular flexibility index (Phi) is 3.31. The third-order valence-corrected chi connectivity index (χ3v) is 4.39. The molecular weight excluding hydrogens is 272 g/mol. The molecule has 1 aromatic heterocycles. The average molecular weight is 288 g/mol. The first-order chi connectivity index (χ1) is 9.63. The van der Waals surface area contributed by atoms with Crippen LogP contribution in [0.5, 0.6) is 0 Å². The molecule has 2 aromatic rings. The molecular formula is C14H16N4OS. The molecule has 0 radical (unpaired) electrons. The van der Waals surface area contributed by atoms with E-state index in [9.17, 15) is 4.79 Å². The fourth-order valence-corrected chi connectivity index (χ4v) is 2.99. The Morgan fingerprint density at radius 1 is 1.45 bits per heavy atom. The lowest BCUT2D eigenvalue weighted by atomic mass is 10.0. The second kappa shape index (κ2) is 5.13. The maximum atomic E-state index is 11.4. The molecule has 0 spiro atoms. The van der Waals surface area contributed by atoms with Gasteiger partial charge in [-0.3, -0.25) is 4.79 Å². The molecule has 104 valence electrons. The number of rotatable bonds is 3. The highest BCUT2D eigenvalue weighted by Crippen LogP contribution is 2.31. The summed E-state index contributed by atoms with van der Waals surface area (Å²) >= 11 is 1.63. The smallest absolute Gasteiger partial charge is 0.224 e. The van der Waals surface area contributed by atoms with Crippen LogP contribution in [0.15, 0.2) is 17.6 Å². The van der Waals surface area contributed by atoms with Crippen LogP contribution in [0, 0.1) is 6.92 Å². The van der Waals surface area contributed by atoms with Crippen molar-refractivity contribution in [2.45, 2.75) is 26.3 Å². The van der Waals surface area contributed by atoms with E-state index in [1.54, 1.807) is 11.3 Å². The number of amides is 1. The van der Waals surface area contributed by atoms with Crippen LogP contribution < -0.4 is 16.4 Å². The number of benzene rings is 1. The number of thiazole rings is 1. The van der Waals surface area contributed by atoms with Crippen molar-refractivity contribution in [1.29, 1.82) is 0 Å². The summed E-state index contributed by atoms with van der Waals surface area (Å²) in [6.45, 7) is 2.71. The predicted octanol–water partition coefficient (Wildman–Crippen LogP) is 2.53. The molecule has 4 N–H and O–H groups in total. The lowest BCUT2D eigenvalue weighted by molar-refractivity contribution is -0.116. The van der Waals surface area contributed by atoms with Gasteiger partial charge in [0.2, 0.25) is 5.91 Å². The van der Waals surface area contributed by atoms with Gasteiger partial charge in [-0.2, -0.15) is 0 Å². The largest absolute Gasteiger partial charge is 0.397 e. The number of nitrogen functional groups attached to an aromatic ring is 1. The van der Waals surface area contributed by atoms with Crippen LogP contribution in [0.1, 0.15) is 22.6 Å². The summed E-state index contributed by atoms with van der Waals surface area (Å²) in [4.78, 5) is 16.8. The van der Waals surface area contributed by atoms with Crippen molar-refractivity contribution in [2.75, 3.05) is 16.4 Å². The summed E-state index contributed by atoms with van der Waals surface area (Å²) in [5.74, 6) is 0.0536. The van der Waals surface area contributed by atoms with Crippen molar-refractivity contribution in [2.24, 2.45) is 0 Å². The summed E-state index contributed by atoms with van der Waals surface area (Å²) < 4.78 is 0. The van der Waals surface area contributed by atoms with Gasteiger partial charge in [-0.15, -0.1) is 11.3 Å². The highest BCUT2D eigenvalue weighted by Gasteiger charge is 2.16. The fraction of sp³-hybridized carbons (Fsp3) is 0.286. The van der Waals surface area contributed by atoms with E-state index in [0.29, 0.717) is 18.7 Å². The van der Waals surface area contributed by atoms with E-state index in [0.717, 1.165) is 29.1 Å². The molecule has 0 aliphatic carbocycles. The zero-order valence-electron chi connectivity index (χ0n) is 11.2. The molecule has 3 rings (SSSR count). The maximum Gasteiger partial charge on any atom is 0.224 e. The minimum absolute atomic E-state index is 0.0536. The number of nitrogens with two attached hydrogens (primary N) is 1. The topological polar surface area (TPSA) is 80.0 Å². The zero-order valence-corrected chi connectivity index (χ0v) is 12.0. The first-order valence-corrected chi connectivity index (χ1v) is 7.36. The minimum atomic E-state index is 0.0536. The minimum Gasteiger partial charge on any atom is -0.397 e. The quantitative estimate of drug-likeness (QED) is 0.758. The van der Waals surface area contributed by atoms with E-state index in [1.165, 1.54) is 4.88 Å². The predicted molar refractivity (Wildman–Crippen MR) is 82.0 cm³/mol. The molecule has 0 bridgehead atoms. The number of fused-ring (bicyclic) bond motifs is 1. The summed E-state index contributed by atoms with van der Waals surface area (Å²) in [6, 6.07) is 3.86. The molecule has 0 saturated heterocycles. The van der Waals surface area contributed by atoms with Gasteiger partial charge in [0.05, 0.1) is 29.1 Å². The van der Waals surface area contributed by atoms with Crippen LogP contribution in [-0.2, 0) is 17.8 Å². The Hall–Kier alpha value is -2.08. The molecule has 0 atom stereocenters. The molecule has 1 aliphatic rings. The van der Waals surface area contributed by atoms with E-state index in [-0.39, 0.29) is 5.91 Å². The van der Waals surface area contributed by atoms with Crippen molar-refractivity contribution in [3.63, 3.8) is 0 Å². The highest BCUT2D eigenvalue weighted by molar-refractivity contribution is 7.09. The number of aryl methyl sites for hydroxylation is 2.